The van der Waals surface area contributed by atoms with Gasteiger partial charge in [-0.25, -0.2) is 9.59 Å². The van der Waals surface area contributed by atoms with Crippen molar-refractivity contribution in [1.29, 1.82) is 0 Å². The maximum absolute atomic E-state index is 12.9. The van der Waals surface area contributed by atoms with Gasteiger partial charge in [-0.1, -0.05) is 62.4 Å². The molecule has 0 saturated heterocycles. The number of carboxylic acid groups (broad SMARTS) is 1. The van der Waals surface area contributed by atoms with E-state index in [0.717, 1.165) is 22.3 Å². The van der Waals surface area contributed by atoms with E-state index < -0.39 is 28.9 Å². The Kier molecular flexibility index (Phi) is 7.10. The van der Waals surface area contributed by atoms with Crippen LogP contribution in [0.25, 0.3) is 11.1 Å². The lowest BCUT2D eigenvalue weighted by molar-refractivity contribution is -0.148. The van der Waals surface area contributed by atoms with E-state index >= 15 is 0 Å². The summed E-state index contributed by atoms with van der Waals surface area (Å²) in [6.45, 7) is 6.91. The van der Waals surface area contributed by atoms with E-state index in [2.05, 4.69) is 22.8 Å². The molecule has 0 saturated carbocycles. The topological polar surface area (TPSA) is 105 Å². The van der Waals surface area contributed by atoms with Gasteiger partial charge in [0.2, 0.25) is 5.91 Å². The predicted octanol–water partition coefficient (Wildman–Crippen LogP) is 4.31. The fourth-order valence-corrected chi connectivity index (χ4v) is 3.98. The minimum atomic E-state index is -1.36. The van der Waals surface area contributed by atoms with Gasteiger partial charge in [0.15, 0.2) is 0 Å². The van der Waals surface area contributed by atoms with Gasteiger partial charge in [-0.3, -0.25) is 4.79 Å². The lowest BCUT2D eigenvalue weighted by Crippen LogP contribution is -2.57. The predicted molar refractivity (Wildman–Crippen MR) is 126 cm³/mol. The number of ether oxygens (including phenoxy) is 1. The number of nitrogens with one attached hydrogen (secondary N) is 2. The molecule has 7 nitrogen and oxygen atoms in total. The summed E-state index contributed by atoms with van der Waals surface area (Å²) >= 11 is 0. The third kappa shape index (κ3) is 4.87. The molecule has 0 bridgehead atoms. The van der Waals surface area contributed by atoms with Crippen molar-refractivity contribution in [3.8, 4) is 11.1 Å². The Balaban J connectivity index is 1.62. The lowest BCUT2D eigenvalue weighted by atomic mass is 9.84. The first-order valence-electron chi connectivity index (χ1n) is 11.3. The SMILES string of the molecule is CCC(C)(CNC(=O)OCC1c2ccccc2-c2ccccc21)C(=O)NC(C)(CC)C(=O)O. The van der Waals surface area contributed by atoms with Crippen LogP contribution in [0.1, 0.15) is 57.6 Å². The zero-order chi connectivity index (χ0) is 24.2. The minimum absolute atomic E-state index is 0.0332. The molecule has 0 aliphatic heterocycles. The largest absolute Gasteiger partial charge is 0.480 e. The zero-order valence-electron chi connectivity index (χ0n) is 19.6. The second-order valence-electron chi connectivity index (χ2n) is 9.04. The number of aliphatic carboxylic acids is 1. The van der Waals surface area contributed by atoms with Crippen molar-refractivity contribution in [1.82, 2.24) is 10.6 Å². The van der Waals surface area contributed by atoms with E-state index in [1.807, 2.05) is 43.3 Å². The maximum atomic E-state index is 12.9. The van der Waals surface area contributed by atoms with Gasteiger partial charge in [0, 0.05) is 12.5 Å². The van der Waals surface area contributed by atoms with Gasteiger partial charge in [0.1, 0.15) is 12.1 Å². The first-order valence-corrected chi connectivity index (χ1v) is 11.3. The normalized spacial score (nSPS) is 16.0. The summed E-state index contributed by atoms with van der Waals surface area (Å²) in [5.41, 5.74) is 2.20. The molecule has 33 heavy (non-hydrogen) atoms. The Labute approximate surface area is 194 Å². The summed E-state index contributed by atoms with van der Waals surface area (Å²) in [5, 5.41) is 14.8. The van der Waals surface area contributed by atoms with Crippen LogP contribution in [-0.4, -0.2) is 41.8 Å². The number of alkyl carbamates (subject to hydrolysis) is 1. The molecule has 2 atom stereocenters. The molecular formula is C26H32N2O5. The average molecular weight is 453 g/mol. The van der Waals surface area contributed by atoms with Crippen LogP contribution in [-0.2, 0) is 14.3 Å². The zero-order valence-corrected chi connectivity index (χ0v) is 19.6. The average Bonchev–Trinajstić information content (AvgIpc) is 3.14. The minimum Gasteiger partial charge on any atom is -0.480 e. The highest BCUT2D eigenvalue weighted by atomic mass is 16.5. The highest BCUT2D eigenvalue weighted by Crippen LogP contribution is 2.44. The summed E-state index contributed by atoms with van der Waals surface area (Å²) < 4.78 is 5.54. The van der Waals surface area contributed by atoms with Crippen LogP contribution in [0.3, 0.4) is 0 Å². The molecule has 0 spiro atoms. The molecule has 2 unspecified atom stereocenters. The van der Waals surface area contributed by atoms with Crippen LogP contribution in [0.2, 0.25) is 0 Å². The molecular weight excluding hydrogens is 420 g/mol. The third-order valence-electron chi connectivity index (χ3n) is 6.86. The molecule has 2 aromatic carbocycles. The van der Waals surface area contributed by atoms with Gasteiger partial charge < -0.3 is 20.5 Å². The number of carbonyl (C=O) groups is 3. The molecule has 0 aromatic heterocycles. The summed E-state index contributed by atoms with van der Waals surface area (Å²) in [6, 6.07) is 16.2. The second kappa shape index (κ2) is 9.65. The summed E-state index contributed by atoms with van der Waals surface area (Å²) in [7, 11) is 0. The second-order valence-corrected chi connectivity index (χ2v) is 9.04. The van der Waals surface area contributed by atoms with Crippen LogP contribution in [0, 0.1) is 5.41 Å². The molecule has 0 radical (unpaired) electrons. The first-order chi connectivity index (χ1) is 15.6. The van der Waals surface area contributed by atoms with Crippen LogP contribution >= 0.6 is 0 Å². The van der Waals surface area contributed by atoms with Gasteiger partial charge in [-0.2, -0.15) is 0 Å². The Bertz CT molecular complexity index is 1010. The third-order valence-corrected chi connectivity index (χ3v) is 6.86. The monoisotopic (exact) mass is 452 g/mol. The van der Waals surface area contributed by atoms with E-state index in [1.54, 1.807) is 13.8 Å². The molecule has 0 heterocycles. The van der Waals surface area contributed by atoms with E-state index in [4.69, 9.17) is 4.74 Å². The van der Waals surface area contributed by atoms with Crippen LogP contribution in [0.4, 0.5) is 4.79 Å². The van der Waals surface area contributed by atoms with Crippen LogP contribution in [0.15, 0.2) is 48.5 Å². The lowest BCUT2D eigenvalue weighted by Gasteiger charge is -2.32. The molecule has 2 amide bonds. The number of amides is 2. The van der Waals surface area contributed by atoms with Crippen molar-refractivity contribution >= 4 is 18.0 Å². The standard InChI is InChI=1S/C26H32N2O5/c1-5-25(3,22(29)28-26(4,6-2)23(30)31)16-27-24(32)33-15-21-19-13-9-7-11-17(19)18-12-8-10-14-20(18)21/h7-14,21H,5-6,15-16H2,1-4H3,(H,27,32)(H,28,29)(H,30,31). The molecule has 2 aromatic rings. The quantitative estimate of drug-likeness (QED) is 0.526. The highest BCUT2D eigenvalue weighted by Gasteiger charge is 2.40. The number of carbonyl (C=O) groups excluding carboxylic acids is 2. The van der Waals surface area contributed by atoms with Crippen molar-refractivity contribution in [3.63, 3.8) is 0 Å². The fraction of sp³-hybridized carbons (Fsp3) is 0.423. The Hall–Kier alpha value is -3.35. The Morgan fingerprint density at radius 2 is 1.48 bits per heavy atom. The summed E-state index contributed by atoms with van der Waals surface area (Å²) in [5.74, 6) is -1.57. The fourth-order valence-electron chi connectivity index (χ4n) is 3.98. The number of fused-ring (bicyclic) bond motifs is 3. The van der Waals surface area contributed by atoms with Gasteiger partial charge in [0.25, 0.3) is 0 Å². The van der Waals surface area contributed by atoms with Gasteiger partial charge in [-0.15, -0.1) is 0 Å². The van der Waals surface area contributed by atoms with Crippen molar-refractivity contribution in [2.75, 3.05) is 13.2 Å². The van der Waals surface area contributed by atoms with Crippen molar-refractivity contribution in [2.24, 2.45) is 5.41 Å². The first kappa shape index (κ1) is 24.3. The number of hydrogen-bond acceptors (Lipinski definition) is 4. The smallest absolute Gasteiger partial charge is 0.407 e. The maximum Gasteiger partial charge on any atom is 0.407 e. The van der Waals surface area contributed by atoms with E-state index in [0.29, 0.717) is 6.42 Å². The Morgan fingerprint density at radius 1 is 0.939 bits per heavy atom. The van der Waals surface area contributed by atoms with Crippen molar-refractivity contribution in [3.05, 3.63) is 59.7 Å². The number of benzene rings is 2. The molecule has 0 fully saturated rings. The number of hydrogen-bond donors (Lipinski definition) is 3. The van der Waals surface area contributed by atoms with Crippen LogP contribution < -0.4 is 10.6 Å². The van der Waals surface area contributed by atoms with Crippen LogP contribution in [0.5, 0.6) is 0 Å². The van der Waals surface area contributed by atoms with Gasteiger partial charge in [0.05, 0.1) is 5.41 Å². The van der Waals surface area contributed by atoms with Gasteiger partial charge in [-0.05, 0) is 48.9 Å². The van der Waals surface area contributed by atoms with E-state index in [-0.39, 0.29) is 25.5 Å². The van der Waals surface area contributed by atoms with E-state index in [1.165, 1.54) is 6.92 Å². The molecule has 176 valence electrons. The highest BCUT2D eigenvalue weighted by molar-refractivity contribution is 5.90. The molecule has 3 N–H and O–H groups in total. The molecule has 3 rings (SSSR count). The van der Waals surface area contributed by atoms with Gasteiger partial charge >= 0.3 is 12.1 Å². The van der Waals surface area contributed by atoms with Crippen molar-refractivity contribution < 1.29 is 24.2 Å². The molecule has 1 aliphatic rings. The molecule has 1 aliphatic carbocycles. The van der Waals surface area contributed by atoms with E-state index in [9.17, 15) is 19.5 Å². The summed E-state index contributed by atoms with van der Waals surface area (Å²) in [4.78, 5) is 36.9. The Morgan fingerprint density at radius 3 is 1.97 bits per heavy atom. The number of rotatable bonds is 9. The van der Waals surface area contributed by atoms with Crippen molar-refractivity contribution in [2.45, 2.75) is 52.0 Å². The molecule has 7 heteroatoms. The number of carboxylic acids is 1. The summed E-state index contributed by atoms with van der Waals surface area (Å²) in [6.07, 6.45) is 0.0519.